The summed E-state index contributed by atoms with van der Waals surface area (Å²) in [5.74, 6) is 1.22. The molecule has 2 aromatic carbocycles. The molecule has 0 aliphatic rings. The fourth-order valence-electron chi connectivity index (χ4n) is 2.33. The number of nitrogens with one attached hydrogen (secondary N) is 3. The lowest BCUT2D eigenvalue weighted by molar-refractivity contribution is -0.120. The minimum absolute atomic E-state index is 0.244. The van der Waals surface area contributed by atoms with Crippen LogP contribution in [0.2, 0.25) is 0 Å². The number of ether oxygens (including phenoxy) is 3. The van der Waals surface area contributed by atoms with Crippen molar-refractivity contribution in [3.63, 3.8) is 0 Å². The normalized spacial score (nSPS) is 10.3. The summed E-state index contributed by atoms with van der Waals surface area (Å²) in [7, 11) is 3.08. The van der Waals surface area contributed by atoms with Gasteiger partial charge in [-0.15, -0.1) is 0 Å². The largest absolute Gasteiger partial charge is 0.493 e. The third-order valence-corrected chi connectivity index (χ3v) is 3.66. The molecule has 3 amide bonds. The standard InChI is InChI=1S/C20H24N4O5/c1-4-29-16-8-6-5-7-15(16)23-20(26)21-13-19(25)24-22-12-14-9-10-17(27-2)18(11-14)28-3/h5-12H,4,13H2,1-3H3,(H,24,25)(H2,21,23,26)/b22-12-. The number of rotatable bonds is 9. The molecule has 0 aromatic heterocycles. The molecular formula is C20H24N4O5. The van der Waals surface area contributed by atoms with Gasteiger partial charge in [-0.05, 0) is 42.8 Å². The number of anilines is 1. The molecule has 29 heavy (non-hydrogen) atoms. The zero-order valence-corrected chi connectivity index (χ0v) is 16.5. The Hall–Kier alpha value is -3.75. The lowest BCUT2D eigenvalue weighted by Gasteiger charge is -2.11. The summed E-state index contributed by atoms with van der Waals surface area (Å²) in [5, 5.41) is 8.95. The van der Waals surface area contributed by atoms with Crippen LogP contribution in [0.3, 0.4) is 0 Å². The third-order valence-electron chi connectivity index (χ3n) is 3.66. The van der Waals surface area contributed by atoms with Gasteiger partial charge in [0.15, 0.2) is 11.5 Å². The van der Waals surface area contributed by atoms with E-state index < -0.39 is 11.9 Å². The van der Waals surface area contributed by atoms with Crippen LogP contribution in [0.4, 0.5) is 10.5 Å². The second-order valence-electron chi connectivity index (χ2n) is 5.64. The minimum Gasteiger partial charge on any atom is -0.493 e. The summed E-state index contributed by atoms with van der Waals surface area (Å²) >= 11 is 0. The first-order valence-electron chi connectivity index (χ1n) is 8.88. The van der Waals surface area contributed by atoms with E-state index in [4.69, 9.17) is 14.2 Å². The number of urea groups is 1. The van der Waals surface area contributed by atoms with Crippen LogP contribution in [0, 0.1) is 0 Å². The minimum atomic E-state index is -0.531. The van der Waals surface area contributed by atoms with Gasteiger partial charge in [0.05, 0.1) is 32.7 Å². The Morgan fingerprint density at radius 1 is 1.03 bits per heavy atom. The van der Waals surface area contributed by atoms with Crippen LogP contribution in [0.1, 0.15) is 12.5 Å². The zero-order chi connectivity index (χ0) is 21.1. The van der Waals surface area contributed by atoms with E-state index in [0.717, 1.165) is 0 Å². The van der Waals surface area contributed by atoms with Gasteiger partial charge in [-0.1, -0.05) is 12.1 Å². The van der Waals surface area contributed by atoms with E-state index >= 15 is 0 Å². The summed E-state index contributed by atoms with van der Waals surface area (Å²) in [6, 6.07) is 11.7. The molecule has 2 aromatic rings. The summed E-state index contributed by atoms with van der Waals surface area (Å²) in [4.78, 5) is 23.8. The molecule has 0 atom stereocenters. The predicted molar refractivity (Wildman–Crippen MR) is 110 cm³/mol. The number of carbonyl (C=O) groups is 2. The fraction of sp³-hybridized carbons (Fsp3) is 0.250. The first kappa shape index (κ1) is 21.5. The molecule has 0 aliphatic heterocycles. The topological polar surface area (TPSA) is 110 Å². The maximum absolute atomic E-state index is 12.0. The van der Waals surface area contributed by atoms with E-state index in [0.29, 0.717) is 35.1 Å². The Labute approximate surface area is 169 Å². The Morgan fingerprint density at radius 2 is 1.79 bits per heavy atom. The van der Waals surface area contributed by atoms with Crippen LogP contribution in [-0.2, 0) is 4.79 Å². The van der Waals surface area contributed by atoms with Gasteiger partial charge in [0.25, 0.3) is 5.91 Å². The van der Waals surface area contributed by atoms with Crippen molar-refractivity contribution < 1.29 is 23.8 Å². The highest BCUT2D eigenvalue weighted by atomic mass is 16.5. The van der Waals surface area contributed by atoms with Crippen LogP contribution in [0.25, 0.3) is 0 Å². The van der Waals surface area contributed by atoms with Gasteiger partial charge in [0.1, 0.15) is 12.3 Å². The Bertz CT molecular complexity index is 870. The lowest BCUT2D eigenvalue weighted by atomic mass is 10.2. The number of amides is 3. The number of hydrazone groups is 1. The van der Waals surface area contributed by atoms with Gasteiger partial charge in [0.2, 0.25) is 0 Å². The van der Waals surface area contributed by atoms with Crippen molar-refractivity contribution in [2.45, 2.75) is 6.92 Å². The number of para-hydroxylation sites is 2. The fourth-order valence-corrected chi connectivity index (χ4v) is 2.33. The van der Waals surface area contributed by atoms with Crippen molar-refractivity contribution in [2.24, 2.45) is 5.10 Å². The molecule has 0 saturated carbocycles. The SMILES string of the molecule is CCOc1ccccc1NC(=O)NCC(=O)N/N=C\c1ccc(OC)c(OC)c1. The highest BCUT2D eigenvalue weighted by Crippen LogP contribution is 2.26. The first-order valence-corrected chi connectivity index (χ1v) is 8.88. The molecule has 0 fully saturated rings. The smallest absolute Gasteiger partial charge is 0.319 e. The van der Waals surface area contributed by atoms with Gasteiger partial charge in [0, 0.05) is 0 Å². The number of nitrogens with zero attached hydrogens (tertiary/aromatic N) is 1. The van der Waals surface area contributed by atoms with E-state index in [2.05, 4.69) is 21.2 Å². The van der Waals surface area contributed by atoms with Gasteiger partial charge >= 0.3 is 6.03 Å². The van der Waals surface area contributed by atoms with Crippen molar-refractivity contribution in [3.05, 3.63) is 48.0 Å². The molecule has 154 valence electrons. The second kappa shape index (κ2) is 11.2. The van der Waals surface area contributed by atoms with Crippen LogP contribution in [0.5, 0.6) is 17.2 Å². The van der Waals surface area contributed by atoms with Gasteiger partial charge < -0.3 is 24.8 Å². The summed E-state index contributed by atoms with van der Waals surface area (Å²) < 4.78 is 15.8. The van der Waals surface area contributed by atoms with Gasteiger partial charge in [-0.2, -0.15) is 5.10 Å². The van der Waals surface area contributed by atoms with Crippen molar-refractivity contribution in [3.8, 4) is 17.2 Å². The monoisotopic (exact) mass is 400 g/mol. The molecule has 0 heterocycles. The number of hydrogen-bond acceptors (Lipinski definition) is 6. The van der Waals surface area contributed by atoms with Gasteiger partial charge in [-0.3, -0.25) is 4.79 Å². The molecule has 9 nitrogen and oxygen atoms in total. The number of carbonyl (C=O) groups excluding carboxylic acids is 2. The van der Waals surface area contributed by atoms with E-state index in [9.17, 15) is 9.59 Å². The molecule has 0 unspecified atom stereocenters. The lowest BCUT2D eigenvalue weighted by Crippen LogP contribution is -2.37. The second-order valence-corrected chi connectivity index (χ2v) is 5.64. The molecule has 3 N–H and O–H groups in total. The van der Waals surface area contributed by atoms with E-state index in [1.165, 1.54) is 13.3 Å². The Morgan fingerprint density at radius 3 is 2.52 bits per heavy atom. The number of methoxy groups -OCH3 is 2. The molecule has 0 spiro atoms. The summed E-state index contributed by atoms with van der Waals surface area (Å²) in [5.41, 5.74) is 3.56. The number of benzene rings is 2. The van der Waals surface area contributed by atoms with Gasteiger partial charge in [-0.25, -0.2) is 10.2 Å². The van der Waals surface area contributed by atoms with Crippen molar-refractivity contribution >= 4 is 23.8 Å². The molecule has 2 rings (SSSR count). The quantitative estimate of drug-likeness (QED) is 0.442. The maximum atomic E-state index is 12.0. The first-order chi connectivity index (χ1) is 14.1. The molecule has 0 aliphatic carbocycles. The van der Waals surface area contributed by atoms with Crippen molar-refractivity contribution in [1.82, 2.24) is 10.7 Å². The number of hydrogen-bond donors (Lipinski definition) is 3. The highest BCUT2D eigenvalue weighted by molar-refractivity contribution is 5.93. The average molecular weight is 400 g/mol. The van der Waals surface area contributed by atoms with E-state index in [1.807, 2.05) is 6.92 Å². The highest BCUT2D eigenvalue weighted by Gasteiger charge is 2.08. The van der Waals surface area contributed by atoms with E-state index in [1.54, 1.807) is 49.6 Å². The molecule has 0 saturated heterocycles. The maximum Gasteiger partial charge on any atom is 0.319 e. The van der Waals surface area contributed by atoms with E-state index in [-0.39, 0.29) is 6.54 Å². The summed E-state index contributed by atoms with van der Waals surface area (Å²) in [6.45, 7) is 2.08. The van der Waals surface area contributed by atoms with Crippen LogP contribution in [0.15, 0.2) is 47.6 Å². The van der Waals surface area contributed by atoms with Crippen LogP contribution < -0.4 is 30.3 Å². The van der Waals surface area contributed by atoms with Crippen LogP contribution in [-0.4, -0.2) is 45.5 Å². The Balaban J connectivity index is 1.81. The van der Waals surface area contributed by atoms with Crippen molar-refractivity contribution in [2.75, 3.05) is 32.7 Å². The summed E-state index contributed by atoms with van der Waals surface area (Å²) in [6.07, 6.45) is 1.46. The molecule has 0 bridgehead atoms. The Kier molecular flexibility index (Phi) is 8.30. The average Bonchev–Trinajstić information content (AvgIpc) is 2.73. The van der Waals surface area contributed by atoms with Crippen molar-refractivity contribution in [1.29, 1.82) is 0 Å². The zero-order valence-electron chi connectivity index (χ0n) is 16.5. The molecule has 9 heteroatoms. The molecule has 0 radical (unpaired) electrons. The predicted octanol–water partition coefficient (Wildman–Crippen LogP) is 2.37. The van der Waals surface area contributed by atoms with Crippen LogP contribution >= 0.6 is 0 Å². The third kappa shape index (κ3) is 6.73. The molecular weight excluding hydrogens is 376 g/mol.